The largest absolute Gasteiger partial charge is 0.375 e. The van der Waals surface area contributed by atoms with Crippen molar-refractivity contribution in [2.45, 2.75) is 20.0 Å². The van der Waals surface area contributed by atoms with Gasteiger partial charge in [-0.2, -0.15) is 10.1 Å². The number of nitrogens with zero attached hydrogens (tertiary/aromatic N) is 4. The number of thiophene rings is 1. The maximum atomic E-state index is 5.61. The highest BCUT2D eigenvalue weighted by Gasteiger charge is 2.21. The van der Waals surface area contributed by atoms with E-state index in [2.05, 4.69) is 27.3 Å². The van der Waals surface area contributed by atoms with Crippen LogP contribution in [0.5, 0.6) is 0 Å². The van der Waals surface area contributed by atoms with E-state index in [4.69, 9.17) is 14.7 Å². The van der Waals surface area contributed by atoms with Gasteiger partial charge in [-0.1, -0.05) is 0 Å². The van der Waals surface area contributed by atoms with Crippen molar-refractivity contribution in [2.24, 2.45) is 0 Å². The highest BCUT2D eigenvalue weighted by molar-refractivity contribution is 7.17. The number of nitrogens with one attached hydrogen (secondary N) is 2. The van der Waals surface area contributed by atoms with Crippen molar-refractivity contribution in [3.05, 3.63) is 23.2 Å². The minimum absolute atomic E-state index is 0.191. The molecule has 1 aliphatic rings. The molecule has 1 aliphatic heterocycles. The molecule has 0 radical (unpaired) electrons. The van der Waals surface area contributed by atoms with E-state index in [0.29, 0.717) is 6.61 Å². The van der Waals surface area contributed by atoms with Gasteiger partial charge in [0.15, 0.2) is 11.6 Å². The van der Waals surface area contributed by atoms with Gasteiger partial charge < -0.3 is 15.0 Å². The predicted molar refractivity (Wildman–Crippen MR) is 91.6 cm³/mol. The number of H-pyrrole nitrogens is 1. The van der Waals surface area contributed by atoms with Crippen LogP contribution in [0.15, 0.2) is 17.5 Å². The predicted octanol–water partition coefficient (Wildman–Crippen LogP) is 2.69. The molecule has 2 N–H and O–H groups in total. The molecule has 0 saturated carbocycles. The fourth-order valence-corrected chi connectivity index (χ4v) is 3.46. The third-order valence-corrected chi connectivity index (χ3v) is 4.68. The van der Waals surface area contributed by atoms with Crippen molar-refractivity contribution < 1.29 is 4.74 Å². The lowest BCUT2D eigenvalue weighted by Crippen LogP contribution is -2.42. The summed E-state index contributed by atoms with van der Waals surface area (Å²) in [5.74, 6) is 2.30. The topological polar surface area (TPSA) is 79.0 Å². The van der Waals surface area contributed by atoms with Gasteiger partial charge in [0.1, 0.15) is 0 Å². The van der Waals surface area contributed by atoms with Crippen LogP contribution in [-0.2, 0) is 4.74 Å². The molecule has 1 atom stereocenters. The van der Waals surface area contributed by atoms with Crippen molar-refractivity contribution in [3.63, 3.8) is 0 Å². The zero-order valence-electron chi connectivity index (χ0n) is 13.0. The van der Waals surface area contributed by atoms with Crippen LogP contribution in [0.3, 0.4) is 0 Å². The van der Waals surface area contributed by atoms with Crippen molar-refractivity contribution in [1.82, 2.24) is 20.2 Å². The summed E-state index contributed by atoms with van der Waals surface area (Å²) in [7, 11) is 0. The summed E-state index contributed by atoms with van der Waals surface area (Å²) < 4.78 is 6.64. The summed E-state index contributed by atoms with van der Waals surface area (Å²) in [5, 5.41) is 12.5. The molecule has 120 valence electrons. The van der Waals surface area contributed by atoms with Gasteiger partial charge in [0, 0.05) is 24.8 Å². The molecule has 23 heavy (non-hydrogen) atoms. The molecule has 7 nitrogen and oxygen atoms in total. The molecule has 3 aromatic heterocycles. The Balaban J connectivity index is 1.72. The summed E-state index contributed by atoms with van der Waals surface area (Å²) in [4.78, 5) is 11.6. The number of hydrogen-bond acceptors (Lipinski definition) is 7. The average molecular weight is 330 g/mol. The fraction of sp³-hybridized carbons (Fsp3) is 0.400. The highest BCUT2D eigenvalue weighted by atomic mass is 32.1. The second kappa shape index (κ2) is 5.78. The first-order valence-electron chi connectivity index (χ1n) is 7.60. The molecule has 4 heterocycles. The Bertz CT molecular complexity index is 828. The normalized spacial score (nSPS) is 18.5. The van der Waals surface area contributed by atoms with Crippen molar-refractivity contribution >= 4 is 39.1 Å². The zero-order valence-corrected chi connectivity index (χ0v) is 13.9. The molecule has 4 rings (SSSR count). The number of hydrogen-bond donors (Lipinski definition) is 2. The van der Waals surface area contributed by atoms with Gasteiger partial charge in [-0.05, 0) is 25.3 Å². The zero-order chi connectivity index (χ0) is 15.8. The van der Waals surface area contributed by atoms with Crippen molar-refractivity contribution in [2.75, 3.05) is 29.9 Å². The lowest BCUT2D eigenvalue weighted by atomic mass is 10.3. The van der Waals surface area contributed by atoms with Gasteiger partial charge in [-0.3, -0.25) is 5.10 Å². The Kier molecular flexibility index (Phi) is 3.62. The fourth-order valence-electron chi connectivity index (χ4n) is 2.68. The van der Waals surface area contributed by atoms with Crippen LogP contribution in [0, 0.1) is 6.92 Å². The minimum atomic E-state index is 0.191. The van der Waals surface area contributed by atoms with Crippen LogP contribution in [0.25, 0.3) is 10.2 Å². The molecule has 1 fully saturated rings. The molecule has 8 heteroatoms. The second-order valence-corrected chi connectivity index (χ2v) is 6.61. The van der Waals surface area contributed by atoms with Crippen LogP contribution in [-0.4, -0.2) is 46.0 Å². The summed E-state index contributed by atoms with van der Waals surface area (Å²) in [6.07, 6.45) is 0.191. The molecule has 0 amide bonds. The van der Waals surface area contributed by atoms with Gasteiger partial charge >= 0.3 is 0 Å². The number of aryl methyl sites for hydroxylation is 1. The van der Waals surface area contributed by atoms with Gasteiger partial charge in [0.05, 0.1) is 22.9 Å². The number of aromatic nitrogens is 4. The van der Waals surface area contributed by atoms with Gasteiger partial charge in [0.2, 0.25) is 5.95 Å². The molecule has 0 aliphatic carbocycles. The summed E-state index contributed by atoms with van der Waals surface area (Å²) in [5.41, 5.74) is 1.96. The smallest absolute Gasteiger partial charge is 0.228 e. The molecule has 3 aromatic rings. The number of anilines is 3. The Labute approximate surface area is 137 Å². The van der Waals surface area contributed by atoms with Gasteiger partial charge in [0.25, 0.3) is 0 Å². The molecule has 0 bridgehead atoms. The first-order valence-corrected chi connectivity index (χ1v) is 8.48. The van der Waals surface area contributed by atoms with Crippen LogP contribution in [0.4, 0.5) is 17.6 Å². The third-order valence-electron chi connectivity index (χ3n) is 3.77. The van der Waals surface area contributed by atoms with E-state index in [1.807, 2.05) is 24.4 Å². The van der Waals surface area contributed by atoms with E-state index in [-0.39, 0.29) is 6.10 Å². The summed E-state index contributed by atoms with van der Waals surface area (Å²) in [6.45, 7) is 6.35. The van der Waals surface area contributed by atoms with Crippen LogP contribution in [0.1, 0.15) is 12.6 Å². The summed E-state index contributed by atoms with van der Waals surface area (Å²) in [6, 6.07) is 3.98. The number of aromatic amines is 1. The minimum Gasteiger partial charge on any atom is -0.375 e. The maximum Gasteiger partial charge on any atom is 0.228 e. The SMILES string of the molecule is Cc1cc(Nc2nc(N3CCOC(C)C3)nc3ccsc23)n[nH]1. The Morgan fingerprint density at radius 3 is 3.13 bits per heavy atom. The molecule has 0 aromatic carbocycles. The van der Waals surface area contributed by atoms with Crippen molar-refractivity contribution in [3.8, 4) is 0 Å². The first-order chi connectivity index (χ1) is 11.2. The Morgan fingerprint density at radius 2 is 2.35 bits per heavy atom. The maximum absolute atomic E-state index is 5.61. The number of ether oxygens (including phenoxy) is 1. The average Bonchev–Trinajstić information content (AvgIpc) is 3.16. The molecular formula is C15H18N6OS. The van der Waals surface area contributed by atoms with Crippen LogP contribution >= 0.6 is 11.3 Å². The Morgan fingerprint density at radius 1 is 1.43 bits per heavy atom. The first kappa shape index (κ1) is 14.4. The van der Waals surface area contributed by atoms with Crippen molar-refractivity contribution in [1.29, 1.82) is 0 Å². The van der Waals surface area contributed by atoms with Crippen LogP contribution < -0.4 is 10.2 Å². The van der Waals surface area contributed by atoms with E-state index < -0.39 is 0 Å². The molecule has 0 spiro atoms. The van der Waals surface area contributed by atoms with Crippen LogP contribution in [0.2, 0.25) is 0 Å². The lowest BCUT2D eigenvalue weighted by Gasteiger charge is -2.31. The standard InChI is InChI=1S/C15H18N6OS/c1-9-7-12(20-19-9)17-14-13-11(3-6-23-13)16-15(18-14)21-4-5-22-10(2)8-21/h3,6-7,10H,4-5,8H2,1-2H3,(H2,16,17,18,19,20). The van der Waals surface area contributed by atoms with Gasteiger partial charge in [-0.15, -0.1) is 11.3 Å². The van der Waals surface area contributed by atoms with Gasteiger partial charge in [-0.25, -0.2) is 4.98 Å². The monoisotopic (exact) mass is 330 g/mol. The van der Waals surface area contributed by atoms with E-state index >= 15 is 0 Å². The van der Waals surface area contributed by atoms with E-state index in [9.17, 15) is 0 Å². The van der Waals surface area contributed by atoms with E-state index in [1.54, 1.807) is 11.3 Å². The molecular weight excluding hydrogens is 312 g/mol. The number of rotatable bonds is 3. The number of morpholine rings is 1. The third kappa shape index (κ3) is 2.87. The summed E-state index contributed by atoms with van der Waals surface area (Å²) >= 11 is 1.63. The number of fused-ring (bicyclic) bond motifs is 1. The second-order valence-electron chi connectivity index (χ2n) is 5.70. The quantitative estimate of drug-likeness (QED) is 0.769. The molecule has 1 saturated heterocycles. The Hall–Kier alpha value is -2.19. The lowest BCUT2D eigenvalue weighted by molar-refractivity contribution is 0.0526. The van der Waals surface area contributed by atoms with E-state index in [1.165, 1.54) is 0 Å². The molecule has 1 unspecified atom stereocenters. The highest BCUT2D eigenvalue weighted by Crippen LogP contribution is 2.30. The van der Waals surface area contributed by atoms with E-state index in [0.717, 1.165) is 46.6 Å².